The maximum atomic E-state index is 12.6. The van der Waals surface area contributed by atoms with E-state index in [1.807, 2.05) is 20.8 Å². The van der Waals surface area contributed by atoms with Crippen LogP contribution in [0.2, 0.25) is 0 Å². The first-order valence-electron chi connectivity index (χ1n) is 10.5. The smallest absolute Gasteiger partial charge is 0.339 e. The second-order valence-corrected chi connectivity index (χ2v) is 8.14. The molecule has 0 saturated carbocycles. The molecule has 7 heteroatoms. The molecule has 0 fully saturated rings. The number of fused-ring (bicyclic) bond motifs is 1. The van der Waals surface area contributed by atoms with Gasteiger partial charge < -0.3 is 19.9 Å². The molecule has 0 spiro atoms. The van der Waals surface area contributed by atoms with Gasteiger partial charge in [0.25, 0.3) is 0 Å². The summed E-state index contributed by atoms with van der Waals surface area (Å²) in [5, 5.41) is 23.5. The van der Waals surface area contributed by atoms with Crippen LogP contribution in [-0.2, 0) is 17.8 Å². The molecule has 2 aromatic rings. The van der Waals surface area contributed by atoms with Crippen LogP contribution in [0.5, 0.6) is 5.75 Å². The number of phenolic OH excluding ortho intramolecular Hbond substituents is 1. The average Bonchev–Trinajstić information content (AvgIpc) is 2.65. The maximum Gasteiger partial charge on any atom is 0.339 e. The number of carboxylic acid groups (broad SMARTS) is 1. The van der Waals surface area contributed by atoms with E-state index in [9.17, 15) is 19.8 Å². The zero-order valence-corrected chi connectivity index (χ0v) is 19.1. The number of aryl methyl sites for hydroxylation is 1. The predicted octanol–water partition coefficient (Wildman–Crippen LogP) is 4.94. The Labute approximate surface area is 184 Å². The van der Waals surface area contributed by atoms with Gasteiger partial charge in [0, 0.05) is 17.5 Å². The van der Waals surface area contributed by atoms with E-state index < -0.39 is 12.0 Å². The first-order valence-corrected chi connectivity index (χ1v) is 10.5. The van der Waals surface area contributed by atoms with Gasteiger partial charge in [-0.25, -0.2) is 4.79 Å². The van der Waals surface area contributed by atoms with Gasteiger partial charge in [0.15, 0.2) is 0 Å². The van der Waals surface area contributed by atoms with Crippen molar-refractivity contribution in [2.75, 3.05) is 0 Å². The molecule has 0 bridgehead atoms. The molecule has 168 valence electrons. The van der Waals surface area contributed by atoms with Crippen molar-refractivity contribution in [3.8, 4) is 5.75 Å². The Balaban J connectivity index is 0.00000450. The molecule has 3 N–H and O–H groups in total. The zero-order chi connectivity index (χ0) is 21.6. The van der Waals surface area contributed by atoms with Gasteiger partial charge >= 0.3 is 11.6 Å². The fourth-order valence-electron chi connectivity index (χ4n) is 3.66. The highest BCUT2D eigenvalue weighted by molar-refractivity contribution is 5.86. The minimum atomic E-state index is -0.939. The number of carboxylic acids is 1. The molecule has 1 unspecified atom stereocenters. The molecule has 1 atom stereocenters. The van der Waals surface area contributed by atoms with Crippen LogP contribution in [0, 0.1) is 12.8 Å². The number of carbonyl (C=O) groups is 1. The van der Waals surface area contributed by atoms with Crippen molar-refractivity contribution in [1.82, 2.24) is 5.32 Å². The number of aromatic hydroxyl groups is 1. The van der Waals surface area contributed by atoms with E-state index in [4.69, 9.17) is 4.42 Å². The highest BCUT2D eigenvalue weighted by atomic mass is 35.5. The second-order valence-electron chi connectivity index (χ2n) is 8.14. The van der Waals surface area contributed by atoms with Gasteiger partial charge in [0.1, 0.15) is 17.4 Å². The Morgan fingerprint density at radius 1 is 1.17 bits per heavy atom. The van der Waals surface area contributed by atoms with E-state index in [2.05, 4.69) is 12.2 Å². The van der Waals surface area contributed by atoms with Gasteiger partial charge in [0.05, 0.1) is 5.56 Å². The summed E-state index contributed by atoms with van der Waals surface area (Å²) >= 11 is 0. The zero-order valence-electron chi connectivity index (χ0n) is 18.3. The number of rotatable bonds is 11. The van der Waals surface area contributed by atoms with E-state index in [0.29, 0.717) is 29.6 Å². The number of hydrogen-bond donors (Lipinski definition) is 3. The molecule has 0 aliphatic rings. The van der Waals surface area contributed by atoms with Crippen LogP contribution < -0.4 is 10.9 Å². The molecular weight excluding hydrogens is 406 g/mol. The lowest BCUT2D eigenvalue weighted by molar-refractivity contribution is -0.140. The van der Waals surface area contributed by atoms with Crippen molar-refractivity contribution in [2.24, 2.45) is 5.92 Å². The standard InChI is InChI=1S/C23H33NO5.ClH/c1-5-6-7-8-9-17-15(4)16-10-11-20(25)18(21(16)29-23(17)28)13-24-19(22(26)27)12-14(2)3;/h10-11,14,19,24-25H,5-9,12-13H2,1-4H3,(H,26,27);1H. The molecule has 0 aliphatic carbocycles. The van der Waals surface area contributed by atoms with Crippen molar-refractivity contribution in [2.45, 2.75) is 78.8 Å². The summed E-state index contributed by atoms with van der Waals surface area (Å²) in [7, 11) is 0. The monoisotopic (exact) mass is 439 g/mol. The van der Waals surface area contributed by atoms with E-state index in [-0.39, 0.29) is 36.2 Å². The molecule has 0 amide bonds. The highest BCUT2D eigenvalue weighted by Gasteiger charge is 2.21. The summed E-state index contributed by atoms with van der Waals surface area (Å²) in [5.74, 6) is -0.748. The molecule has 1 aromatic carbocycles. The van der Waals surface area contributed by atoms with Gasteiger partial charge in [-0.3, -0.25) is 4.79 Å². The first kappa shape index (κ1) is 26.0. The van der Waals surface area contributed by atoms with Gasteiger partial charge in [-0.05, 0) is 49.8 Å². The van der Waals surface area contributed by atoms with Crippen molar-refractivity contribution < 1.29 is 19.4 Å². The third kappa shape index (κ3) is 6.47. The van der Waals surface area contributed by atoms with Crippen molar-refractivity contribution in [3.05, 3.63) is 39.2 Å². The number of phenols is 1. The molecule has 2 rings (SSSR count). The lowest BCUT2D eigenvalue weighted by Gasteiger charge is -2.18. The van der Waals surface area contributed by atoms with Gasteiger partial charge in [0.2, 0.25) is 0 Å². The topological polar surface area (TPSA) is 99.8 Å². The van der Waals surface area contributed by atoms with Gasteiger partial charge in [-0.15, -0.1) is 12.4 Å². The SMILES string of the molecule is CCCCCCc1c(C)c2ccc(O)c(CNC(CC(C)C)C(=O)O)c2oc1=O.Cl. The Kier molecular flexibility index (Phi) is 10.4. The molecule has 30 heavy (non-hydrogen) atoms. The van der Waals surface area contributed by atoms with Gasteiger partial charge in [-0.1, -0.05) is 40.0 Å². The summed E-state index contributed by atoms with van der Waals surface area (Å²) in [4.78, 5) is 24.1. The number of benzene rings is 1. The van der Waals surface area contributed by atoms with Crippen molar-refractivity contribution in [3.63, 3.8) is 0 Å². The Morgan fingerprint density at radius 2 is 1.87 bits per heavy atom. The molecule has 0 saturated heterocycles. The third-order valence-electron chi connectivity index (χ3n) is 5.34. The summed E-state index contributed by atoms with van der Waals surface area (Å²) in [6.07, 6.45) is 5.43. The molecule has 0 aliphatic heterocycles. The van der Waals surface area contributed by atoms with Crippen LogP contribution >= 0.6 is 12.4 Å². The minimum absolute atomic E-state index is 0. The number of unbranched alkanes of at least 4 members (excludes halogenated alkanes) is 3. The van der Waals surface area contributed by atoms with E-state index in [1.165, 1.54) is 0 Å². The normalized spacial score (nSPS) is 12.2. The lowest BCUT2D eigenvalue weighted by Crippen LogP contribution is -2.37. The molecule has 0 radical (unpaired) electrons. The fraction of sp³-hybridized carbons (Fsp3) is 0.565. The van der Waals surface area contributed by atoms with E-state index >= 15 is 0 Å². The Hall–Kier alpha value is -2.05. The van der Waals surface area contributed by atoms with Crippen molar-refractivity contribution in [1.29, 1.82) is 0 Å². The third-order valence-corrected chi connectivity index (χ3v) is 5.34. The average molecular weight is 440 g/mol. The molecular formula is C23H34ClNO5. The highest BCUT2D eigenvalue weighted by Crippen LogP contribution is 2.30. The summed E-state index contributed by atoms with van der Waals surface area (Å²) in [6.45, 7) is 8.06. The van der Waals surface area contributed by atoms with Crippen LogP contribution in [-0.4, -0.2) is 22.2 Å². The van der Waals surface area contributed by atoms with Crippen LogP contribution in [0.4, 0.5) is 0 Å². The van der Waals surface area contributed by atoms with Crippen LogP contribution in [0.1, 0.15) is 69.6 Å². The maximum absolute atomic E-state index is 12.6. The lowest BCUT2D eigenvalue weighted by atomic mass is 9.98. The Bertz CT molecular complexity index is 907. The van der Waals surface area contributed by atoms with E-state index in [0.717, 1.165) is 36.6 Å². The quantitative estimate of drug-likeness (QED) is 0.338. The number of nitrogens with one attached hydrogen (secondary N) is 1. The molecule has 6 nitrogen and oxygen atoms in total. The van der Waals surface area contributed by atoms with E-state index in [1.54, 1.807) is 12.1 Å². The summed E-state index contributed by atoms with van der Waals surface area (Å²) in [6, 6.07) is 2.59. The number of hydrogen-bond acceptors (Lipinski definition) is 5. The van der Waals surface area contributed by atoms with Crippen LogP contribution in [0.3, 0.4) is 0 Å². The Morgan fingerprint density at radius 3 is 2.47 bits per heavy atom. The summed E-state index contributed by atoms with van der Waals surface area (Å²) < 4.78 is 5.61. The largest absolute Gasteiger partial charge is 0.507 e. The van der Waals surface area contributed by atoms with Crippen LogP contribution in [0.25, 0.3) is 11.0 Å². The summed E-state index contributed by atoms with van der Waals surface area (Å²) in [5.41, 5.74) is 1.91. The molecule has 1 aromatic heterocycles. The van der Waals surface area contributed by atoms with Crippen LogP contribution in [0.15, 0.2) is 21.3 Å². The van der Waals surface area contributed by atoms with Crippen molar-refractivity contribution >= 4 is 29.3 Å². The first-order chi connectivity index (χ1) is 13.8. The fourth-order valence-corrected chi connectivity index (χ4v) is 3.66. The minimum Gasteiger partial charge on any atom is -0.507 e. The predicted molar refractivity (Wildman–Crippen MR) is 122 cm³/mol. The van der Waals surface area contributed by atoms with Gasteiger partial charge in [-0.2, -0.15) is 0 Å². The number of halogens is 1. The number of aliphatic carboxylic acids is 1. The second kappa shape index (κ2) is 12.0. The molecule has 1 heterocycles.